The number of benzene rings is 1. The molecule has 2 rings (SSSR count). The number of carbonyl (C=O) groups excluding carboxylic acids is 1. The molecule has 4 heteroatoms. The van der Waals surface area contributed by atoms with Gasteiger partial charge in [-0.05, 0) is 36.2 Å². The number of rotatable bonds is 6. The smallest absolute Gasteiger partial charge is 0.149 e. The highest BCUT2D eigenvalue weighted by Crippen LogP contribution is 2.22. The van der Waals surface area contributed by atoms with E-state index in [9.17, 15) is 4.79 Å². The first-order valence-corrected chi connectivity index (χ1v) is 8.29. The van der Waals surface area contributed by atoms with E-state index in [4.69, 9.17) is 0 Å². The first-order valence-electron chi connectivity index (χ1n) is 6.51. The summed E-state index contributed by atoms with van der Waals surface area (Å²) >= 11 is 4.99. The topological polar surface area (TPSA) is 30.0 Å². The second-order valence-corrected chi connectivity index (χ2v) is 6.44. The summed E-state index contributed by atoms with van der Waals surface area (Å²) in [4.78, 5) is 17.4. The molecule has 2 aromatic rings. The minimum atomic E-state index is 0.201. The molecule has 20 heavy (non-hydrogen) atoms. The maximum absolute atomic E-state index is 12.0. The summed E-state index contributed by atoms with van der Waals surface area (Å²) in [7, 11) is 0. The number of thioether (sulfide) groups is 1. The molecule has 0 saturated heterocycles. The SMILES string of the molecule is CCc1ccc(CC(=O)CSc2cccc(Br)c2)nc1. The van der Waals surface area contributed by atoms with E-state index in [1.807, 2.05) is 42.6 Å². The first kappa shape index (κ1) is 15.3. The number of nitrogens with zero attached hydrogens (tertiary/aromatic N) is 1. The van der Waals surface area contributed by atoms with Crippen molar-refractivity contribution in [3.63, 3.8) is 0 Å². The van der Waals surface area contributed by atoms with Gasteiger partial charge in [-0.3, -0.25) is 9.78 Å². The van der Waals surface area contributed by atoms with Crippen molar-refractivity contribution in [3.8, 4) is 0 Å². The van der Waals surface area contributed by atoms with Gasteiger partial charge in [-0.2, -0.15) is 0 Å². The molecular formula is C16H16BrNOS. The van der Waals surface area contributed by atoms with Gasteiger partial charge in [0.25, 0.3) is 0 Å². The molecule has 104 valence electrons. The molecule has 0 unspecified atom stereocenters. The summed E-state index contributed by atoms with van der Waals surface area (Å²) in [5, 5.41) is 0. The number of Topliss-reactive ketones (excluding diaryl/α,β-unsaturated/α-hetero) is 1. The van der Waals surface area contributed by atoms with E-state index >= 15 is 0 Å². The molecule has 0 saturated carbocycles. The van der Waals surface area contributed by atoms with Gasteiger partial charge in [0, 0.05) is 27.7 Å². The largest absolute Gasteiger partial charge is 0.298 e. The van der Waals surface area contributed by atoms with E-state index in [0.717, 1.165) is 21.5 Å². The minimum absolute atomic E-state index is 0.201. The van der Waals surface area contributed by atoms with E-state index in [1.54, 1.807) is 11.8 Å². The van der Waals surface area contributed by atoms with Gasteiger partial charge in [0.1, 0.15) is 5.78 Å². The monoisotopic (exact) mass is 349 g/mol. The minimum Gasteiger partial charge on any atom is -0.298 e. The zero-order valence-corrected chi connectivity index (χ0v) is 13.7. The molecule has 0 fully saturated rings. The third kappa shape index (κ3) is 4.76. The Morgan fingerprint density at radius 2 is 2.15 bits per heavy atom. The molecule has 0 N–H and O–H groups in total. The highest BCUT2D eigenvalue weighted by atomic mass is 79.9. The standard InChI is InChI=1S/C16H16BrNOS/c1-2-12-6-7-14(18-10-12)9-15(19)11-20-16-5-3-4-13(17)8-16/h3-8,10H,2,9,11H2,1H3. The van der Waals surface area contributed by atoms with Crippen LogP contribution in [0.25, 0.3) is 0 Å². The zero-order valence-electron chi connectivity index (χ0n) is 11.3. The van der Waals surface area contributed by atoms with Gasteiger partial charge in [-0.15, -0.1) is 11.8 Å². The average molecular weight is 350 g/mol. The van der Waals surface area contributed by atoms with Crippen molar-refractivity contribution in [3.05, 3.63) is 58.3 Å². The Balaban J connectivity index is 1.85. The van der Waals surface area contributed by atoms with Gasteiger partial charge >= 0.3 is 0 Å². The third-order valence-electron chi connectivity index (χ3n) is 2.87. The van der Waals surface area contributed by atoms with E-state index in [1.165, 1.54) is 5.56 Å². The van der Waals surface area contributed by atoms with Gasteiger partial charge in [0.2, 0.25) is 0 Å². The van der Waals surface area contributed by atoms with Crippen LogP contribution in [0.2, 0.25) is 0 Å². The van der Waals surface area contributed by atoms with Gasteiger partial charge in [-0.1, -0.05) is 35.0 Å². The second-order valence-electron chi connectivity index (χ2n) is 4.47. The lowest BCUT2D eigenvalue weighted by molar-refractivity contribution is -0.116. The van der Waals surface area contributed by atoms with Crippen molar-refractivity contribution in [1.29, 1.82) is 0 Å². The zero-order chi connectivity index (χ0) is 14.4. The Bertz CT molecular complexity index is 583. The van der Waals surface area contributed by atoms with Crippen LogP contribution in [0, 0.1) is 0 Å². The van der Waals surface area contributed by atoms with Crippen LogP contribution in [0.1, 0.15) is 18.2 Å². The number of carbonyl (C=O) groups is 1. The molecule has 0 amide bonds. The summed E-state index contributed by atoms with van der Waals surface area (Å²) in [6.45, 7) is 2.09. The second kappa shape index (κ2) is 7.60. The number of aryl methyl sites for hydroxylation is 1. The Labute approximate surface area is 132 Å². The number of halogens is 1. The Morgan fingerprint density at radius 3 is 2.80 bits per heavy atom. The number of hydrogen-bond donors (Lipinski definition) is 0. The normalized spacial score (nSPS) is 10.5. The van der Waals surface area contributed by atoms with E-state index < -0.39 is 0 Å². The highest BCUT2D eigenvalue weighted by Gasteiger charge is 2.06. The number of aromatic nitrogens is 1. The van der Waals surface area contributed by atoms with Crippen molar-refractivity contribution in [2.75, 3.05) is 5.75 Å². The maximum atomic E-state index is 12.0. The summed E-state index contributed by atoms with van der Waals surface area (Å²) in [6.07, 6.45) is 3.23. The van der Waals surface area contributed by atoms with Crippen molar-refractivity contribution in [2.45, 2.75) is 24.7 Å². The molecule has 0 spiro atoms. The molecule has 1 aromatic heterocycles. The molecule has 0 aliphatic heterocycles. The fourth-order valence-corrected chi connectivity index (χ4v) is 3.11. The van der Waals surface area contributed by atoms with Crippen LogP contribution < -0.4 is 0 Å². The molecule has 1 heterocycles. The Kier molecular flexibility index (Phi) is 5.80. The molecule has 0 bridgehead atoms. The Morgan fingerprint density at radius 1 is 1.30 bits per heavy atom. The summed E-state index contributed by atoms with van der Waals surface area (Å²) in [6, 6.07) is 12.0. The van der Waals surface area contributed by atoms with E-state index in [2.05, 4.69) is 27.8 Å². The van der Waals surface area contributed by atoms with Crippen LogP contribution in [0.4, 0.5) is 0 Å². The van der Waals surface area contributed by atoms with Crippen LogP contribution in [0.3, 0.4) is 0 Å². The van der Waals surface area contributed by atoms with E-state index in [0.29, 0.717) is 12.2 Å². The summed E-state index contributed by atoms with van der Waals surface area (Å²) < 4.78 is 1.03. The molecule has 0 atom stereocenters. The average Bonchev–Trinajstić information content (AvgIpc) is 2.46. The molecule has 1 aromatic carbocycles. The van der Waals surface area contributed by atoms with Crippen molar-refractivity contribution in [1.82, 2.24) is 4.98 Å². The van der Waals surface area contributed by atoms with Crippen molar-refractivity contribution >= 4 is 33.5 Å². The lowest BCUT2D eigenvalue weighted by Gasteiger charge is -2.03. The number of ketones is 1. The third-order valence-corrected chi connectivity index (χ3v) is 4.42. The van der Waals surface area contributed by atoms with Gasteiger partial charge in [0.05, 0.1) is 5.75 Å². The highest BCUT2D eigenvalue weighted by molar-refractivity contribution is 9.10. The van der Waals surface area contributed by atoms with Crippen LogP contribution in [0.15, 0.2) is 52.0 Å². The van der Waals surface area contributed by atoms with E-state index in [-0.39, 0.29) is 5.78 Å². The van der Waals surface area contributed by atoms with Gasteiger partial charge < -0.3 is 0 Å². The fraction of sp³-hybridized carbons (Fsp3) is 0.250. The number of hydrogen-bond acceptors (Lipinski definition) is 3. The maximum Gasteiger partial charge on any atom is 0.149 e. The van der Waals surface area contributed by atoms with Crippen molar-refractivity contribution in [2.24, 2.45) is 0 Å². The lowest BCUT2D eigenvalue weighted by Crippen LogP contribution is -2.07. The number of pyridine rings is 1. The first-order chi connectivity index (χ1) is 9.67. The van der Waals surface area contributed by atoms with Crippen LogP contribution in [-0.4, -0.2) is 16.5 Å². The molecule has 0 aliphatic rings. The van der Waals surface area contributed by atoms with Gasteiger partial charge in [0.15, 0.2) is 0 Å². The Hall–Kier alpha value is -1.13. The van der Waals surface area contributed by atoms with Crippen LogP contribution in [-0.2, 0) is 17.6 Å². The summed E-state index contributed by atoms with van der Waals surface area (Å²) in [5.41, 5.74) is 2.05. The predicted octanol–water partition coefficient (Wildman–Crippen LogP) is 4.31. The molecule has 2 nitrogen and oxygen atoms in total. The molecule has 0 radical (unpaired) electrons. The fourth-order valence-electron chi connectivity index (χ4n) is 1.74. The lowest BCUT2D eigenvalue weighted by atomic mass is 10.1. The van der Waals surface area contributed by atoms with Crippen molar-refractivity contribution < 1.29 is 4.79 Å². The quantitative estimate of drug-likeness (QED) is 0.727. The van der Waals surface area contributed by atoms with Crippen LogP contribution >= 0.6 is 27.7 Å². The predicted molar refractivity (Wildman–Crippen MR) is 87.2 cm³/mol. The molecule has 0 aliphatic carbocycles. The van der Waals surface area contributed by atoms with Gasteiger partial charge in [-0.25, -0.2) is 0 Å². The molecular weight excluding hydrogens is 334 g/mol. The van der Waals surface area contributed by atoms with Crippen LogP contribution in [0.5, 0.6) is 0 Å². The summed E-state index contributed by atoms with van der Waals surface area (Å²) in [5.74, 6) is 0.680.